The van der Waals surface area contributed by atoms with E-state index in [0.717, 1.165) is 61.7 Å². The molecule has 27 heavy (non-hydrogen) atoms. The molecule has 0 unspecified atom stereocenters. The first-order chi connectivity index (χ1) is 13.1. The molecule has 0 saturated carbocycles. The Balaban J connectivity index is 1.72. The molecule has 1 N–H and O–H groups in total. The lowest BCUT2D eigenvalue weighted by Gasteiger charge is -2.29. The van der Waals surface area contributed by atoms with Crippen LogP contribution in [0, 0.1) is 6.92 Å². The molecule has 6 heteroatoms. The summed E-state index contributed by atoms with van der Waals surface area (Å²) < 4.78 is 5.25. The Morgan fingerprint density at radius 3 is 2.74 bits per heavy atom. The SMILES string of the molecule is COc1ccc([C@@H](C(=O)O)N2CCCN(Cc3ccccn3)CC2)c(C)c1. The molecule has 2 aromatic rings. The van der Waals surface area contributed by atoms with Gasteiger partial charge in [-0.2, -0.15) is 0 Å². The number of hydrogen-bond donors (Lipinski definition) is 1. The Hall–Kier alpha value is -2.44. The number of benzene rings is 1. The molecule has 0 spiro atoms. The summed E-state index contributed by atoms with van der Waals surface area (Å²) in [5, 5.41) is 9.93. The zero-order valence-corrected chi connectivity index (χ0v) is 16.0. The molecule has 1 aliphatic heterocycles. The van der Waals surface area contributed by atoms with Gasteiger partial charge in [0.2, 0.25) is 0 Å². The van der Waals surface area contributed by atoms with Crippen LogP contribution in [0.2, 0.25) is 0 Å². The highest BCUT2D eigenvalue weighted by Gasteiger charge is 2.30. The number of carboxylic acid groups (broad SMARTS) is 1. The fraction of sp³-hybridized carbons (Fsp3) is 0.429. The van der Waals surface area contributed by atoms with Crippen molar-refractivity contribution in [3.8, 4) is 5.75 Å². The summed E-state index contributed by atoms with van der Waals surface area (Å²) in [6, 6.07) is 10.9. The van der Waals surface area contributed by atoms with Gasteiger partial charge in [-0.1, -0.05) is 12.1 Å². The number of rotatable bonds is 6. The zero-order chi connectivity index (χ0) is 19.2. The fourth-order valence-corrected chi connectivity index (χ4v) is 3.70. The molecular formula is C21H27N3O3. The molecule has 2 heterocycles. The average Bonchev–Trinajstić information content (AvgIpc) is 2.89. The van der Waals surface area contributed by atoms with Gasteiger partial charge in [0.1, 0.15) is 11.8 Å². The van der Waals surface area contributed by atoms with Gasteiger partial charge in [-0.3, -0.25) is 19.6 Å². The van der Waals surface area contributed by atoms with Crippen LogP contribution < -0.4 is 4.74 Å². The van der Waals surface area contributed by atoms with Crippen LogP contribution in [0.4, 0.5) is 0 Å². The van der Waals surface area contributed by atoms with E-state index < -0.39 is 12.0 Å². The van der Waals surface area contributed by atoms with E-state index in [4.69, 9.17) is 4.74 Å². The number of aromatic nitrogens is 1. The van der Waals surface area contributed by atoms with Crippen LogP contribution in [0.25, 0.3) is 0 Å². The van der Waals surface area contributed by atoms with Gasteiger partial charge in [0.05, 0.1) is 12.8 Å². The van der Waals surface area contributed by atoms with Gasteiger partial charge in [0, 0.05) is 32.4 Å². The minimum Gasteiger partial charge on any atom is -0.497 e. The van der Waals surface area contributed by atoms with E-state index in [9.17, 15) is 9.90 Å². The van der Waals surface area contributed by atoms with E-state index in [1.807, 2.05) is 49.5 Å². The van der Waals surface area contributed by atoms with Crippen molar-refractivity contribution in [2.45, 2.75) is 25.9 Å². The highest BCUT2D eigenvalue weighted by atomic mass is 16.5. The standard InChI is InChI=1S/C21H27N3O3/c1-16-14-18(27-2)7-8-19(16)20(21(25)26)24-11-5-10-23(12-13-24)15-17-6-3-4-9-22-17/h3-4,6-9,14,20H,5,10-13,15H2,1-2H3,(H,25,26)/t20-/m0/s1. The highest BCUT2D eigenvalue weighted by Crippen LogP contribution is 2.28. The molecule has 6 nitrogen and oxygen atoms in total. The average molecular weight is 369 g/mol. The van der Waals surface area contributed by atoms with Crippen LogP contribution in [0.15, 0.2) is 42.6 Å². The number of pyridine rings is 1. The molecule has 1 aromatic heterocycles. The normalized spacial score (nSPS) is 17.3. The maximum absolute atomic E-state index is 12.1. The number of ether oxygens (including phenoxy) is 1. The Kier molecular flexibility index (Phi) is 6.42. The number of nitrogens with zero attached hydrogens (tertiary/aromatic N) is 3. The highest BCUT2D eigenvalue weighted by molar-refractivity contribution is 5.76. The van der Waals surface area contributed by atoms with Crippen LogP contribution in [-0.2, 0) is 11.3 Å². The van der Waals surface area contributed by atoms with Crippen molar-refractivity contribution < 1.29 is 14.6 Å². The van der Waals surface area contributed by atoms with Crippen LogP contribution >= 0.6 is 0 Å². The van der Waals surface area contributed by atoms with Gasteiger partial charge in [0.15, 0.2) is 0 Å². The Morgan fingerprint density at radius 2 is 2.07 bits per heavy atom. The molecule has 144 valence electrons. The lowest BCUT2D eigenvalue weighted by molar-refractivity contribution is -0.143. The molecule has 1 atom stereocenters. The maximum Gasteiger partial charge on any atom is 0.325 e. The number of aryl methyl sites for hydroxylation is 1. The van der Waals surface area contributed by atoms with Crippen LogP contribution in [0.1, 0.15) is 29.3 Å². The second-order valence-electron chi connectivity index (χ2n) is 6.95. The minimum atomic E-state index is -0.804. The van der Waals surface area contributed by atoms with E-state index >= 15 is 0 Å². The van der Waals surface area contributed by atoms with E-state index in [1.54, 1.807) is 7.11 Å². The van der Waals surface area contributed by atoms with Gasteiger partial charge in [-0.05, 0) is 55.3 Å². The van der Waals surface area contributed by atoms with Crippen LogP contribution in [0.3, 0.4) is 0 Å². The predicted molar refractivity (Wildman–Crippen MR) is 104 cm³/mol. The van der Waals surface area contributed by atoms with Crippen molar-refractivity contribution >= 4 is 5.97 Å². The molecule has 1 aromatic carbocycles. The first-order valence-corrected chi connectivity index (χ1v) is 9.32. The lowest BCUT2D eigenvalue weighted by atomic mass is 9.99. The van der Waals surface area contributed by atoms with Gasteiger partial charge in [-0.25, -0.2) is 0 Å². The maximum atomic E-state index is 12.1. The molecule has 0 radical (unpaired) electrons. The molecule has 0 aliphatic carbocycles. The van der Waals surface area contributed by atoms with E-state index in [2.05, 4.69) is 14.8 Å². The van der Waals surface area contributed by atoms with Crippen molar-refractivity contribution in [2.75, 3.05) is 33.3 Å². The quantitative estimate of drug-likeness (QED) is 0.845. The summed E-state index contributed by atoms with van der Waals surface area (Å²) in [4.78, 5) is 20.9. The topological polar surface area (TPSA) is 65.9 Å². The molecule has 1 saturated heterocycles. The largest absolute Gasteiger partial charge is 0.497 e. The molecule has 1 aliphatic rings. The van der Waals surface area contributed by atoms with Gasteiger partial charge < -0.3 is 9.84 Å². The number of methoxy groups -OCH3 is 1. The number of aliphatic carboxylic acids is 1. The molecule has 0 bridgehead atoms. The first kappa shape index (κ1) is 19.3. The summed E-state index contributed by atoms with van der Waals surface area (Å²) in [6.07, 6.45) is 2.75. The third-order valence-corrected chi connectivity index (χ3v) is 5.11. The molecular weight excluding hydrogens is 342 g/mol. The molecule has 3 rings (SSSR count). The third kappa shape index (κ3) is 4.84. The second kappa shape index (κ2) is 8.97. The number of carboxylic acids is 1. The number of carbonyl (C=O) groups is 1. The van der Waals surface area contributed by atoms with E-state index in [-0.39, 0.29) is 0 Å². The summed E-state index contributed by atoms with van der Waals surface area (Å²) in [5.74, 6) is -0.0563. The fourth-order valence-electron chi connectivity index (χ4n) is 3.70. The summed E-state index contributed by atoms with van der Waals surface area (Å²) in [7, 11) is 1.62. The smallest absolute Gasteiger partial charge is 0.325 e. The Morgan fingerprint density at radius 1 is 1.22 bits per heavy atom. The monoisotopic (exact) mass is 369 g/mol. The zero-order valence-electron chi connectivity index (χ0n) is 16.0. The van der Waals surface area contributed by atoms with Gasteiger partial charge in [-0.15, -0.1) is 0 Å². The van der Waals surface area contributed by atoms with Gasteiger partial charge in [0.25, 0.3) is 0 Å². The lowest BCUT2D eigenvalue weighted by Crippen LogP contribution is -2.37. The summed E-state index contributed by atoms with van der Waals surface area (Å²) in [5.41, 5.74) is 2.82. The summed E-state index contributed by atoms with van der Waals surface area (Å²) in [6.45, 7) is 6.00. The van der Waals surface area contributed by atoms with Crippen molar-refractivity contribution in [3.63, 3.8) is 0 Å². The Bertz CT molecular complexity index is 767. The van der Waals surface area contributed by atoms with Gasteiger partial charge >= 0.3 is 5.97 Å². The van der Waals surface area contributed by atoms with Crippen LogP contribution in [0.5, 0.6) is 5.75 Å². The van der Waals surface area contributed by atoms with E-state index in [0.29, 0.717) is 0 Å². The minimum absolute atomic E-state index is 0.634. The number of hydrogen-bond acceptors (Lipinski definition) is 5. The van der Waals surface area contributed by atoms with Crippen LogP contribution in [-0.4, -0.2) is 59.1 Å². The first-order valence-electron chi connectivity index (χ1n) is 9.32. The predicted octanol–water partition coefficient (Wildman–Crippen LogP) is 2.73. The van der Waals surface area contributed by atoms with Crippen molar-refractivity contribution in [1.82, 2.24) is 14.8 Å². The molecule has 0 amide bonds. The second-order valence-corrected chi connectivity index (χ2v) is 6.95. The molecule has 1 fully saturated rings. The Labute approximate surface area is 160 Å². The van der Waals surface area contributed by atoms with Crippen molar-refractivity contribution in [2.24, 2.45) is 0 Å². The van der Waals surface area contributed by atoms with Crippen molar-refractivity contribution in [1.29, 1.82) is 0 Å². The summed E-state index contributed by atoms with van der Waals surface area (Å²) >= 11 is 0. The van der Waals surface area contributed by atoms with E-state index in [1.165, 1.54) is 0 Å². The van der Waals surface area contributed by atoms with Crippen molar-refractivity contribution in [3.05, 3.63) is 59.4 Å². The third-order valence-electron chi connectivity index (χ3n) is 5.11.